The Kier molecular flexibility index (Phi) is 4.55. The highest BCUT2D eigenvalue weighted by Crippen LogP contribution is 2.42. The van der Waals surface area contributed by atoms with Crippen LogP contribution in [0.5, 0.6) is 0 Å². The second kappa shape index (κ2) is 4.92. The molecule has 0 aliphatic rings. The third-order valence-corrected chi connectivity index (χ3v) is 1.56. The van der Waals surface area contributed by atoms with Gasteiger partial charge in [0.15, 0.2) is 0 Å². The highest BCUT2D eigenvalue weighted by Gasteiger charge is 2.69. The summed E-state index contributed by atoms with van der Waals surface area (Å²) in [6.07, 6.45) is -9.00. The predicted octanol–water partition coefficient (Wildman–Crippen LogP) is 2.94. The monoisotopic (exact) mass is 268 g/mol. The standard InChI is InChI=1S/C8H7F7O2/c1-3(2)4(16)17-6(11)8(14,15)7(12,13)5(9)10/h5-6H,1H2,2H3. The first-order valence-corrected chi connectivity index (χ1v) is 3.99. The lowest BCUT2D eigenvalue weighted by Crippen LogP contribution is -2.53. The Bertz CT molecular complexity index is 313. The smallest absolute Gasteiger partial charge is 0.381 e. The molecule has 1 unspecified atom stereocenters. The van der Waals surface area contributed by atoms with Gasteiger partial charge in [-0.2, -0.15) is 22.0 Å². The van der Waals surface area contributed by atoms with Crippen molar-refractivity contribution in [2.75, 3.05) is 0 Å². The van der Waals surface area contributed by atoms with Gasteiger partial charge in [0.2, 0.25) is 0 Å². The number of halogens is 7. The molecule has 0 spiro atoms. The molecule has 1 atom stereocenters. The summed E-state index contributed by atoms with van der Waals surface area (Å²) in [5.74, 6) is -13.5. The molecule has 0 fully saturated rings. The molecule has 0 aliphatic heterocycles. The molecule has 0 amide bonds. The van der Waals surface area contributed by atoms with Gasteiger partial charge in [-0.05, 0) is 6.92 Å². The average molecular weight is 268 g/mol. The second-order valence-electron chi connectivity index (χ2n) is 3.05. The third kappa shape index (κ3) is 3.10. The maximum Gasteiger partial charge on any atom is 0.381 e. The summed E-state index contributed by atoms with van der Waals surface area (Å²) >= 11 is 0. The number of hydrogen-bond donors (Lipinski definition) is 0. The fourth-order valence-electron chi connectivity index (χ4n) is 0.565. The van der Waals surface area contributed by atoms with E-state index < -0.39 is 36.2 Å². The molecule has 0 bridgehead atoms. The zero-order valence-corrected chi connectivity index (χ0v) is 8.32. The summed E-state index contributed by atoms with van der Waals surface area (Å²) in [5, 5.41) is 0. The maximum atomic E-state index is 12.6. The van der Waals surface area contributed by atoms with E-state index in [1.807, 2.05) is 0 Å². The topological polar surface area (TPSA) is 26.3 Å². The van der Waals surface area contributed by atoms with E-state index in [4.69, 9.17) is 0 Å². The molecule has 0 aromatic carbocycles. The molecular formula is C8H7F7O2. The number of carbonyl (C=O) groups is 1. The largest absolute Gasteiger partial charge is 0.421 e. The first-order valence-electron chi connectivity index (χ1n) is 3.99. The van der Waals surface area contributed by atoms with Gasteiger partial charge in [0.05, 0.1) is 0 Å². The van der Waals surface area contributed by atoms with Crippen molar-refractivity contribution in [2.24, 2.45) is 0 Å². The molecule has 17 heavy (non-hydrogen) atoms. The van der Waals surface area contributed by atoms with Gasteiger partial charge < -0.3 is 4.74 Å². The van der Waals surface area contributed by atoms with Crippen LogP contribution >= 0.6 is 0 Å². The summed E-state index contributed by atoms with van der Waals surface area (Å²) in [7, 11) is 0. The van der Waals surface area contributed by atoms with E-state index in [0.29, 0.717) is 0 Å². The van der Waals surface area contributed by atoms with Crippen molar-refractivity contribution in [3.8, 4) is 0 Å². The molecule has 0 aromatic rings. The van der Waals surface area contributed by atoms with E-state index in [2.05, 4.69) is 11.3 Å². The van der Waals surface area contributed by atoms with Crippen LogP contribution in [0.2, 0.25) is 0 Å². The molecule has 9 heteroatoms. The molecule has 100 valence electrons. The zero-order valence-electron chi connectivity index (χ0n) is 8.32. The van der Waals surface area contributed by atoms with Crippen LogP contribution in [0.25, 0.3) is 0 Å². The van der Waals surface area contributed by atoms with E-state index in [0.717, 1.165) is 6.92 Å². The number of ether oxygens (including phenoxy) is 1. The van der Waals surface area contributed by atoms with Crippen LogP contribution < -0.4 is 0 Å². The Hall–Kier alpha value is -1.28. The van der Waals surface area contributed by atoms with Crippen molar-refractivity contribution in [3.63, 3.8) is 0 Å². The lowest BCUT2D eigenvalue weighted by atomic mass is 10.2. The molecular weight excluding hydrogens is 261 g/mol. The van der Waals surface area contributed by atoms with Crippen LogP contribution in [0.15, 0.2) is 12.2 Å². The molecule has 0 N–H and O–H groups in total. The molecule has 0 radical (unpaired) electrons. The second-order valence-corrected chi connectivity index (χ2v) is 3.05. The lowest BCUT2D eigenvalue weighted by molar-refractivity contribution is -0.318. The molecule has 0 heterocycles. The van der Waals surface area contributed by atoms with Gasteiger partial charge in [-0.15, -0.1) is 0 Å². The van der Waals surface area contributed by atoms with Crippen molar-refractivity contribution < 1.29 is 40.3 Å². The van der Waals surface area contributed by atoms with Gasteiger partial charge in [-0.3, -0.25) is 0 Å². The SMILES string of the molecule is C=C(C)C(=O)OC(F)C(F)(F)C(F)(F)C(F)F. The van der Waals surface area contributed by atoms with Crippen molar-refractivity contribution >= 4 is 5.97 Å². The van der Waals surface area contributed by atoms with Crippen LogP contribution in [-0.2, 0) is 9.53 Å². The van der Waals surface area contributed by atoms with Gasteiger partial charge in [0, 0.05) is 5.57 Å². The number of hydrogen-bond acceptors (Lipinski definition) is 2. The van der Waals surface area contributed by atoms with E-state index >= 15 is 0 Å². The summed E-state index contributed by atoms with van der Waals surface area (Å²) in [6.45, 7) is 3.79. The number of alkyl halides is 7. The van der Waals surface area contributed by atoms with E-state index in [9.17, 15) is 35.5 Å². The molecule has 2 nitrogen and oxygen atoms in total. The van der Waals surface area contributed by atoms with E-state index in [-0.39, 0.29) is 0 Å². The highest BCUT2D eigenvalue weighted by atomic mass is 19.3. The fraction of sp³-hybridized carbons (Fsp3) is 0.625. The zero-order chi connectivity index (χ0) is 14.0. The van der Waals surface area contributed by atoms with E-state index in [1.54, 1.807) is 0 Å². The van der Waals surface area contributed by atoms with Crippen LogP contribution in [0, 0.1) is 0 Å². The number of carbonyl (C=O) groups excluding carboxylic acids is 1. The van der Waals surface area contributed by atoms with Crippen molar-refractivity contribution in [3.05, 3.63) is 12.2 Å². The summed E-state index contributed by atoms with van der Waals surface area (Å²) in [6, 6.07) is 0. The molecule has 0 aliphatic carbocycles. The Morgan fingerprint density at radius 3 is 1.82 bits per heavy atom. The van der Waals surface area contributed by atoms with Crippen molar-refractivity contribution in [2.45, 2.75) is 31.6 Å². The number of esters is 1. The maximum absolute atomic E-state index is 12.6. The van der Waals surface area contributed by atoms with Gasteiger partial charge in [-0.1, -0.05) is 6.58 Å². The Balaban J connectivity index is 4.94. The minimum Gasteiger partial charge on any atom is -0.421 e. The minimum atomic E-state index is -5.96. The van der Waals surface area contributed by atoms with Crippen LogP contribution in [0.3, 0.4) is 0 Å². The summed E-state index contributed by atoms with van der Waals surface area (Å²) in [5.41, 5.74) is -0.552. The Morgan fingerprint density at radius 1 is 1.12 bits per heavy atom. The van der Waals surface area contributed by atoms with Crippen molar-refractivity contribution in [1.82, 2.24) is 0 Å². The molecule has 0 saturated carbocycles. The van der Waals surface area contributed by atoms with Crippen LogP contribution in [-0.4, -0.2) is 30.6 Å². The Morgan fingerprint density at radius 2 is 1.53 bits per heavy atom. The first kappa shape index (κ1) is 15.7. The molecule has 0 rings (SSSR count). The van der Waals surface area contributed by atoms with Gasteiger partial charge >= 0.3 is 30.6 Å². The normalized spacial score (nSPS) is 14.6. The summed E-state index contributed by atoms with van der Waals surface area (Å²) in [4.78, 5) is 10.6. The average Bonchev–Trinajstić information content (AvgIpc) is 2.16. The van der Waals surface area contributed by atoms with Gasteiger partial charge in [-0.25, -0.2) is 13.6 Å². The minimum absolute atomic E-state index is 0.552. The van der Waals surface area contributed by atoms with Gasteiger partial charge in [0.25, 0.3) is 0 Å². The lowest BCUT2D eigenvalue weighted by Gasteiger charge is -2.27. The molecule has 0 aromatic heterocycles. The van der Waals surface area contributed by atoms with Crippen LogP contribution in [0.4, 0.5) is 30.7 Å². The molecule has 0 saturated heterocycles. The first-order chi connectivity index (χ1) is 7.44. The number of rotatable bonds is 5. The summed E-state index contributed by atoms with van der Waals surface area (Å²) < 4.78 is 88.7. The third-order valence-electron chi connectivity index (χ3n) is 1.56. The van der Waals surface area contributed by atoms with Gasteiger partial charge in [0.1, 0.15) is 0 Å². The van der Waals surface area contributed by atoms with E-state index in [1.165, 1.54) is 0 Å². The quantitative estimate of drug-likeness (QED) is 0.435. The van der Waals surface area contributed by atoms with Crippen LogP contribution in [0.1, 0.15) is 6.92 Å². The predicted molar refractivity (Wildman–Crippen MR) is 41.7 cm³/mol. The van der Waals surface area contributed by atoms with Crippen molar-refractivity contribution in [1.29, 1.82) is 0 Å². The highest BCUT2D eigenvalue weighted by molar-refractivity contribution is 5.87. The fourth-order valence-corrected chi connectivity index (χ4v) is 0.565. The Labute approximate surface area is 91.0 Å².